The second-order valence-electron chi connectivity index (χ2n) is 6.08. The third-order valence-corrected chi connectivity index (χ3v) is 4.50. The Balaban J connectivity index is 0.000000444. The molecule has 1 aromatic heterocycles. The summed E-state index contributed by atoms with van der Waals surface area (Å²) in [6.07, 6.45) is 3.69. The Kier molecular flexibility index (Phi) is 6.41. The molecular weight excluding hydrogens is 314 g/mol. The van der Waals surface area contributed by atoms with Gasteiger partial charge in [-0.3, -0.25) is 0 Å². The maximum atomic E-state index is 3.94. The van der Waals surface area contributed by atoms with Crippen molar-refractivity contribution >= 4 is 38.7 Å². The molecule has 0 aliphatic rings. The van der Waals surface area contributed by atoms with Crippen LogP contribution in [0.3, 0.4) is 0 Å². The van der Waals surface area contributed by atoms with E-state index in [0.717, 1.165) is 0 Å². The maximum absolute atomic E-state index is 3.94. The Hall–Kier alpha value is -2.80. The minimum atomic E-state index is 1.21. The summed E-state index contributed by atoms with van der Waals surface area (Å²) in [5.74, 6) is 0. The average Bonchev–Trinajstić information content (AvgIpc) is 2.96. The molecule has 0 N–H and O–H groups in total. The number of benzene rings is 3. The molecule has 0 fully saturated rings. The molecule has 0 atom stereocenters. The molecule has 4 rings (SSSR count). The van der Waals surface area contributed by atoms with E-state index in [1.54, 1.807) is 6.08 Å². The SMILES string of the molecule is C=CC.C=Cc1cc2c(ccc3c2c2ccccc2n3C)cc1C.CC. The number of aromatic nitrogens is 1. The zero-order valence-corrected chi connectivity index (χ0v) is 16.6. The number of para-hydroxylation sites is 1. The number of rotatable bonds is 1. The van der Waals surface area contributed by atoms with Crippen LogP contribution in [0, 0.1) is 6.92 Å². The van der Waals surface area contributed by atoms with Gasteiger partial charge in [-0.25, -0.2) is 0 Å². The third-order valence-electron chi connectivity index (χ3n) is 4.50. The molecule has 0 amide bonds. The summed E-state index contributed by atoms with van der Waals surface area (Å²) in [7, 11) is 2.14. The molecule has 0 bridgehead atoms. The summed E-state index contributed by atoms with van der Waals surface area (Å²) >= 11 is 0. The van der Waals surface area contributed by atoms with Crippen LogP contribution < -0.4 is 0 Å². The Morgan fingerprint density at radius 2 is 1.54 bits per heavy atom. The number of fused-ring (bicyclic) bond motifs is 5. The lowest BCUT2D eigenvalue weighted by Crippen LogP contribution is -1.87. The normalized spacial score (nSPS) is 10.0. The van der Waals surface area contributed by atoms with Gasteiger partial charge in [-0.1, -0.05) is 62.9 Å². The summed E-state index contributed by atoms with van der Waals surface area (Å²) in [4.78, 5) is 0. The first-order valence-corrected chi connectivity index (χ1v) is 9.22. The van der Waals surface area contributed by atoms with Gasteiger partial charge in [0.2, 0.25) is 0 Å². The lowest BCUT2D eigenvalue weighted by Gasteiger charge is -2.06. The van der Waals surface area contributed by atoms with Crippen molar-refractivity contribution in [1.82, 2.24) is 4.57 Å². The number of aryl methyl sites for hydroxylation is 2. The molecular formula is C25H29N. The van der Waals surface area contributed by atoms with Crippen LogP contribution in [0.15, 0.2) is 67.8 Å². The highest BCUT2D eigenvalue weighted by Crippen LogP contribution is 2.35. The topological polar surface area (TPSA) is 4.93 Å². The van der Waals surface area contributed by atoms with Gasteiger partial charge in [-0.05, 0) is 53.9 Å². The minimum absolute atomic E-state index is 1.21. The third kappa shape index (κ3) is 3.30. The molecule has 0 radical (unpaired) electrons. The molecule has 0 saturated heterocycles. The minimum Gasteiger partial charge on any atom is -0.344 e. The summed E-state index contributed by atoms with van der Waals surface area (Å²) in [6, 6.07) is 17.6. The van der Waals surface area contributed by atoms with Gasteiger partial charge in [0.05, 0.1) is 0 Å². The second kappa shape index (κ2) is 8.53. The van der Waals surface area contributed by atoms with E-state index in [9.17, 15) is 0 Å². The van der Waals surface area contributed by atoms with Gasteiger partial charge < -0.3 is 4.57 Å². The Morgan fingerprint density at radius 3 is 2.19 bits per heavy atom. The molecule has 0 aliphatic heterocycles. The van der Waals surface area contributed by atoms with E-state index in [4.69, 9.17) is 0 Å². The van der Waals surface area contributed by atoms with Crippen LogP contribution in [-0.2, 0) is 7.05 Å². The highest BCUT2D eigenvalue weighted by molar-refractivity contribution is 6.20. The predicted molar refractivity (Wildman–Crippen MR) is 120 cm³/mol. The molecule has 26 heavy (non-hydrogen) atoms. The van der Waals surface area contributed by atoms with Gasteiger partial charge in [0.25, 0.3) is 0 Å². The van der Waals surface area contributed by atoms with E-state index in [2.05, 4.69) is 80.2 Å². The van der Waals surface area contributed by atoms with Gasteiger partial charge in [0.1, 0.15) is 0 Å². The van der Waals surface area contributed by atoms with E-state index in [1.807, 2.05) is 26.8 Å². The summed E-state index contributed by atoms with van der Waals surface area (Å²) in [6.45, 7) is 15.3. The van der Waals surface area contributed by atoms with Crippen LogP contribution in [0.25, 0.3) is 38.7 Å². The predicted octanol–water partition coefficient (Wildman–Crippen LogP) is 7.65. The number of hydrogen-bond acceptors (Lipinski definition) is 0. The van der Waals surface area contributed by atoms with Crippen molar-refractivity contribution in [3.63, 3.8) is 0 Å². The van der Waals surface area contributed by atoms with Gasteiger partial charge >= 0.3 is 0 Å². The molecule has 3 aromatic carbocycles. The summed E-state index contributed by atoms with van der Waals surface area (Å²) in [5, 5.41) is 5.26. The molecule has 0 aliphatic carbocycles. The van der Waals surface area contributed by atoms with Gasteiger partial charge in [-0.15, -0.1) is 6.58 Å². The van der Waals surface area contributed by atoms with Crippen molar-refractivity contribution in [3.05, 3.63) is 78.9 Å². The monoisotopic (exact) mass is 343 g/mol. The maximum Gasteiger partial charge on any atom is 0.0495 e. The van der Waals surface area contributed by atoms with E-state index in [-0.39, 0.29) is 0 Å². The largest absolute Gasteiger partial charge is 0.344 e. The van der Waals surface area contributed by atoms with Gasteiger partial charge in [0, 0.05) is 28.9 Å². The molecule has 1 heteroatoms. The second-order valence-corrected chi connectivity index (χ2v) is 6.08. The number of nitrogens with zero attached hydrogens (tertiary/aromatic N) is 1. The van der Waals surface area contributed by atoms with E-state index in [1.165, 1.54) is 43.7 Å². The van der Waals surface area contributed by atoms with Crippen molar-refractivity contribution in [1.29, 1.82) is 0 Å². The van der Waals surface area contributed by atoms with Crippen LogP contribution in [0.5, 0.6) is 0 Å². The quantitative estimate of drug-likeness (QED) is 0.313. The van der Waals surface area contributed by atoms with E-state index in [0.29, 0.717) is 0 Å². The first-order chi connectivity index (χ1) is 12.6. The fraction of sp³-hybridized carbons (Fsp3) is 0.200. The lowest BCUT2D eigenvalue weighted by atomic mass is 9.98. The zero-order valence-electron chi connectivity index (χ0n) is 16.6. The van der Waals surface area contributed by atoms with Crippen LogP contribution in [0.4, 0.5) is 0 Å². The van der Waals surface area contributed by atoms with Crippen molar-refractivity contribution in [2.24, 2.45) is 7.05 Å². The van der Waals surface area contributed by atoms with Gasteiger partial charge in [0.15, 0.2) is 0 Å². The smallest absolute Gasteiger partial charge is 0.0495 e. The van der Waals surface area contributed by atoms with Crippen LogP contribution in [-0.4, -0.2) is 4.57 Å². The Bertz CT molecular complexity index is 1060. The fourth-order valence-electron chi connectivity index (χ4n) is 3.38. The zero-order chi connectivity index (χ0) is 19.3. The lowest BCUT2D eigenvalue weighted by molar-refractivity contribution is 1.01. The molecule has 1 heterocycles. The van der Waals surface area contributed by atoms with Crippen LogP contribution >= 0.6 is 0 Å². The average molecular weight is 344 g/mol. The molecule has 0 spiro atoms. The number of hydrogen-bond donors (Lipinski definition) is 0. The van der Waals surface area contributed by atoms with Crippen LogP contribution in [0.1, 0.15) is 31.9 Å². The van der Waals surface area contributed by atoms with Crippen LogP contribution in [0.2, 0.25) is 0 Å². The van der Waals surface area contributed by atoms with Crippen molar-refractivity contribution in [2.75, 3.05) is 0 Å². The fourth-order valence-corrected chi connectivity index (χ4v) is 3.38. The van der Waals surface area contributed by atoms with Gasteiger partial charge in [-0.2, -0.15) is 0 Å². The highest BCUT2D eigenvalue weighted by atomic mass is 14.9. The molecule has 1 nitrogen and oxygen atoms in total. The molecule has 0 unspecified atom stereocenters. The van der Waals surface area contributed by atoms with Crippen molar-refractivity contribution in [2.45, 2.75) is 27.7 Å². The summed E-state index contributed by atoms with van der Waals surface area (Å²) in [5.41, 5.74) is 5.04. The van der Waals surface area contributed by atoms with Crippen molar-refractivity contribution in [3.8, 4) is 0 Å². The summed E-state index contributed by atoms with van der Waals surface area (Å²) < 4.78 is 2.28. The Labute approximate surface area is 157 Å². The van der Waals surface area contributed by atoms with E-state index >= 15 is 0 Å². The standard InChI is InChI=1S/C20H17N.C3H6.C2H6/c1-4-14-12-17-15(11-13(14)2)9-10-19-20(17)16-7-5-6-8-18(16)21(19)3;1-3-2;1-2/h4-12H,1H2,2-3H3;3H,1H2,2H3;1-2H3. The Morgan fingerprint density at radius 1 is 0.885 bits per heavy atom. The van der Waals surface area contributed by atoms with Crippen molar-refractivity contribution < 1.29 is 0 Å². The number of allylic oxidation sites excluding steroid dienone is 1. The first-order valence-electron chi connectivity index (χ1n) is 9.22. The highest BCUT2D eigenvalue weighted by Gasteiger charge is 2.11. The van der Waals surface area contributed by atoms with E-state index < -0.39 is 0 Å². The molecule has 4 aromatic rings. The first kappa shape index (κ1) is 19.5. The molecule has 0 saturated carbocycles. The molecule has 134 valence electrons.